The molecule has 0 aliphatic heterocycles. The molecule has 0 bridgehead atoms. The van der Waals surface area contributed by atoms with E-state index >= 15 is 0 Å². The van der Waals surface area contributed by atoms with Crippen LogP contribution in [-0.2, 0) is 39.2 Å². The highest BCUT2D eigenvalue weighted by Crippen LogP contribution is 2.18. The molecule has 40 heavy (non-hydrogen) atoms. The van der Waals surface area contributed by atoms with Gasteiger partial charge >= 0.3 is 5.97 Å². The topological polar surface area (TPSA) is 94.5 Å². The van der Waals surface area contributed by atoms with Crippen molar-refractivity contribution in [2.75, 3.05) is 0 Å². The summed E-state index contributed by atoms with van der Waals surface area (Å²) >= 11 is 0. The van der Waals surface area contributed by atoms with E-state index in [-0.39, 0.29) is 18.5 Å². The molecule has 0 aliphatic rings. The molecule has 1 amide bonds. The van der Waals surface area contributed by atoms with Crippen LogP contribution in [0, 0.1) is 0 Å². The quantitative estimate of drug-likeness (QED) is 0.133. The number of imidazole rings is 1. The third-order valence-electron chi connectivity index (χ3n) is 6.80. The Balaban J connectivity index is 1.74. The Bertz CT molecular complexity index is 1200. The van der Waals surface area contributed by atoms with Gasteiger partial charge in [-0.15, -0.1) is 0 Å². The van der Waals surface area contributed by atoms with Crippen LogP contribution < -0.4 is 10.8 Å². The maximum absolute atomic E-state index is 13.4. The van der Waals surface area contributed by atoms with Gasteiger partial charge in [0.15, 0.2) is 0 Å². The smallest absolute Gasteiger partial charge is 0.323 e. The number of aryl methyl sites for hydroxylation is 2. The molecule has 2 aromatic carbocycles. The van der Waals surface area contributed by atoms with Crippen LogP contribution in [0.1, 0.15) is 84.0 Å². The summed E-state index contributed by atoms with van der Waals surface area (Å²) in [6.45, 7) is 8.00. The fraction of sp³-hybridized carbons (Fsp3) is 0.531. The van der Waals surface area contributed by atoms with E-state index in [1.807, 2.05) is 82.4 Å². The second-order valence-electron chi connectivity index (χ2n) is 11.4. The molecule has 2 N–H and O–H groups in total. The Morgan fingerprint density at radius 3 is 2.33 bits per heavy atom. The van der Waals surface area contributed by atoms with Gasteiger partial charge in [0.05, 0.1) is 23.7 Å². The van der Waals surface area contributed by atoms with Crippen molar-refractivity contribution in [2.45, 2.75) is 103 Å². The lowest BCUT2D eigenvalue weighted by Crippen LogP contribution is -2.52. The van der Waals surface area contributed by atoms with Crippen molar-refractivity contribution in [3.8, 4) is 0 Å². The maximum atomic E-state index is 13.4. The molecule has 0 saturated carbocycles. The number of hydrogen-bond acceptors (Lipinski definition) is 6. The van der Waals surface area contributed by atoms with Crippen LogP contribution >= 0.6 is 0 Å². The molecule has 0 aliphatic carbocycles. The van der Waals surface area contributed by atoms with Crippen molar-refractivity contribution in [3.05, 3.63) is 66.0 Å². The number of nitrogens with zero attached hydrogens (tertiary/aromatic N) is 2. The predicted octanol–water partition coefficient (Wildman–Crippen LogP) is 5.78. The number of carbonyl (C=O) groups excluding carboxylic acids is 2. The molecule has 1 aromatic heterocycles. The molecule has 0 saturated heterocycles. The Morgan fingerprint density at radius 2 is 1.62 bits per heavy atom. The SMILES string of the molecule is CCCCCCCC(N[C@@H](CCc1nc2ccccc2n1C)C(=O)NOCc1ccccc1)C(=O)OC(C)(C)C. The second kappa shape index (κ2) is 15.5. The summed E-state index contributed by atoms with van der Waals surface area (Å²) in [5, 5.41) is 3.34. The van der Waals surface area contributed by atoms with E-state index in [1.54, 1.807) is 0 Å². The highest BCUT2D eigenvalue weighted by atomic mass is 16.7. The minimum atomic E-state index is -0.677. The van der Waals surface area contributed by atoms with Gasteiger partial charge in [-0.05, 0) is 51.3 Å². The number of amides is 1. The van der Waals surface area contributed by atoms with Crippen molar-refractivity contribution in [3.63, 3.8) is 0 Å². The zero-order valence-corrected chi connectivity index (χ0v) is 24.7. The normalized spacial score (nSPS) is 13.2. The van der Waals surface area contributed by atoms with E-state index in [0.29, 0.717) is 19.3 Å². The van der Waals surface area contributed by atoms with Crippen LogP contribution in [0.3, 0.4) is 0 Å². The first kappa shape index (κ1) is 31.3. The zero-order chi connectivity index (χ0) is 29.0. The number of hydrogen-bond donors (Lipinski definition) is 2. The Morgan fingerprint density at radius 1 is 0.925 bits per heavy atom. The molecule has 0 radical (unpaired) electrons. The third kappa shape index (κ3) is 10.1. The summed E-state index contributed by atoms with van der Waals surface area (Å²) in [7, 11) is 1.98. The van der Waals surface area contributed by atoms with Crippen LogP contribution in [0.2, 0.25) is 0 Å². The molecule has 8 heteroatoms. The zero-order valence-electron chi connectivity index (χ0n) is 24.7. The van der Waals surface area contributed by atoms with Crippen molar-refractivity contribution in [1.29, 1.82) is 0 Å². The largest absolute Gasteiger partial charge is 0.459 e. The Hall–Kier alpha value is -3.23. The molecule has 2 atom stereocenters. The number of para-hydroxylation sites is 2. The van der Waals surface area contributed by atoms with Crippen molar-refractivity contribution in [2.24, 2.45) is 7.05 Å². The monoisotopic (exact) mass is 550 g/mol. The molecular formula is C32H46N4O4. The van der Waals surface area contributed by atoms with Crippen LogP contribution in [0.15, 0.2) is 54.6 Å². The van der Waals surface area contributed by atoms with E-state index < -0.39 is 17.7 Å². The minimum absolute atomic E-state index is 0.247. The van der Waals surface area contributed by atoms with Gasteiger partial charge in [-0.2, -0.15) is 0 Å². The van der Waals surface area contributed by atoms with Crippen molar-refractivity contribution >= 4 is 22.9 Å². The number of rotatable bonds is 16. The van der Waals surface area contributed by atoms with E-state index in [2.05, 4.69) is 22.3 Å². The lowest BCUT2D eigenvalue weighted by Gasteiger charge is -2.27. The van der Waals surface area contributed by atoms with Gasteiger partial charge in [-0.1, -0.05) is 81.5 Å². The molecule has 3 rings (SSSR count). The first-order valence-corrected chi connectivity index (χ1v) is 14.5. The molecule has 0 spiro atoms. The number of unbranched alkanes of at least 4 members (excludes halogenated alkanes) is 4. The predicted molar refractivity (Wildman–Crippen MR) is 158 cm³/mol. The van der Waals surface area contributed by atoms with E-state index in [1.165, 1.54) is 6.42 Å². The highest BCUT2D eigenvalue weighted by Gasteiger charge is 2.30. The molecule has 0 fully saturated rings. The summed E-state index contributed by atoms with van der Waals surface area (Å²) in [6, 6.07) is 16.3. The Labute approximate surface area is 238 Å². The van der Waals surface area contributed by atoms with Gasteiger partial charge in [0, 0.05) is 13.5 Å². The fourth-order valence-electron chi connectivity index (χ4n) is 4.66. The van der Waals surface area contributed by atoms with Crippen LogP contribution in [0.25, 0.3) is 11.0 Å². The highest BCUT2D eigenvalue weighted by molar-refractivity contribution is 5.83. The molecular weight excluding hydrogens is 504 g/mol. The number of aromatic nitrogens is 2. The average Bonchev–Trinajstić information content (AvgIpc) is 3.24. The third-order valence-corrected chi connectivity index (χ3v) is 6.80. The number of benzene rings is 2. The maximum Gasteiger partial charge on any atom is 0.323 e. The summed E-state index contributed by atoms with van der Waals surface area (Å²) in [5.41, 5.74) is 4.89. The standard InChI is InChI=1S/C32H46N4O4/c1-6-7-8-9-13-19-27(31(38)40-32(2,3)4)33-26(30(37)35-39-23-24-16-11-10-12-17-24)21-22-29-34-25-18-14-15-20-28(25)36(29)5/h10-12,14-18,20,26-27,33H,6-9,13,19,21-23H2,1-5H3,(H,35,37)/t26-,27?/m0/s1. The number of ether oxygens (including phenoxy) is 1. The number of nitrogens with one attached hydrogen (secondary N) is 2. The van der Waals surface area contributed by atoms with Crippen LogP contribution in [0.4, 0.5) is 0 Å². The summed E-state index contributed by atoms with van der Waals surface area (Å²) in [6.07, 6.45) is 6.94. The molecule has 1 unspecified atom stereocenters. The molecule has 3 aromatic rings. The average molecular weight is 551 g/mol. The van der Waals surface area contributed by atoms with Gasteiger partial charge in [0.2, 0.25) is 0 Å². The van der Waals surface area contributed by atoms with Crippen molar-refractivity contribution in [1.82, 2.24) is 20.3 Å². The van der Waals surface area contributed by atoms with E-state index in [0.717, 1.165) is 48.1 Å². The van der Waals surface area contributed by atoms with Gasteiger partial charge < -0.3 is 9.30 Å². The number of carbonyl (C=O) groups is 2. The van der Waals surface area contributed by atoms with Gasteiger partial charge in [0.25, 0.3) is 5.91 Å². The summed E-state index contributed by atoms with van der Waals surface area (Å²) in [4.78, 5) is 36.9. The minimum Gasteiger partial charge on any atom is -0.459 e. The Kier molecular flexibility index (Phi) is 12.2. The lowest BCUT2D eigenvalue weighted by atomic mass is 10.0. The fourth-order valence-corrected chi connectivity index (χ4v) is 4.66. The molecule has 218 valence electrons. The number of fused-ring (bicyclic) bond motifs is 1. The van der Waals surface area contributed by atoms with Crippen LogP contribution in [0.5, 0.6) is 0 Å². The van der Waals surface area contributed by atoms with E-state index in [4.69, 9.17) is 14.6 Å². The first-order valence-electron chi connectivity index (χ1n) is 14.5. The van der Waals surface area contributed by atoms with E-state index in [9.17, 15) is 9.59 Å². The van der Waals surface area contributed by atoms with Gasteiger partial charge in [-0.25, -0.2) is 10.5 Å². The first-order chi connectivity index (χ1) is 19.2. The molecule has 8 nitrogen and oxygen atoms in total. The number of esters is 1. The second-order valence-corrected chi connectivity index (χ2v) is 11.4. The van der Waals surface area contributed by atoms with Crippen LogP contribution in [-0.4, -0.2) is 39.1 Å². The summed E-state index contributed by atoms with van der Waals surface area (Å²) < 4.78 is 7.79. The lowest BCUT2D eigenvalue weighted by molar-refractivity contribution is -0.158. The van der Waals surface area contributed by atoms with Crippen molar-refractivity contribution < 1.29 is 19.2 Å². The number of hydroxylamine groups is 1. The molecule has 1 heterocycles. The van der Waals surface area contributed by atoms with Gasteiger partial charge in [-0.3, -0.25) is 19.7 Å². The van der Waals surface area contributed by atoms with Gasteiger partial charge in [0.1, 0.15) is 17.5 Å². The summed E-state index contributed by atoms with van der Waals surface area (Å²) in [5.74, 6) is 0.211.